The second-order valence-electron chi connectivity index (χ2n) is 6.88. The van der Waals surface area contributed by atoms with Crippen molar-refractivity contribution in [3.8, 4) is 11.3 Å². The van der Waals surface area contributed by atoms with Gasteiger partial charge in [0, 0.05) is 25.6 Å². The molecule has 0 spiro atoms. The first-order valence-corrected chi connectivity index (χ1v) is 9.18. The fourth-order valence-electron chi connectivity index (χ4n) is 3.60. The molecular formula is C20H25N3O3. The molecule has 1 aliphatic rings. The molecule has 1 aliphatic carbocycles. The molecule has 1 N–H and O–H groups in total. The van der Waals surface area contributed by atoms with Gasteiger partial charge in [0.15, 0.2) is 0 Å². The predicted octanol–water partition coefficient (Wildman–Crippen LogP) is 3.60. The van der Waals surface area contributed by atoms with Crippen LogP contribution in [0.15, 0.2) is 36.5 Å². The number of carbonyl (C=O) groups is 2. The zero-order valence-corrected chi connectivity index (χ0v) is 15.1. The number of rotatable bonds is 7. The summed E-state index contributed by atoms with van der Waals surface area (Å²) < 4.78 is 2.01. The zero-order valence-electron chi connectivity index (χ0n) is 15.1. The SMILES string of the molecule is CN(CCCC(=O)O)C(=O)c1cnn(C2CCCC2)c1-c1ccccc1. The number of hydrogen-bond donors (Lipinski definition) is 1. The molecule has 2 aromatic rings. The van der Waals surface area contributed by atoms with Gasteiger partial charge in [-0.1, -0.05) is 43.2 Å². The summed E-state index contributed by atoms with van der Waals surface area (Å²) in [4.78, 5) is 25.2. The lowest BCUT2D eigenvalue weighted by Gasteiger charge is -2.19. The molecule has 1 amide bonds. The molecule has 6 heteroatoms. The lowest BCUT2D eigenvalue weighted by molar-refractivity contribution is -0.137. The maximum absolute atomic E-state index is 13.0. The van der Waals surface area contributed by atoms with Crippen molar-refractivity contribution >= 4 is 11.9 Å². The maximum Gasteiger partial charge on any atom is 0.303 e. The van der Waals surface area contributed by atoms with E-state index < -0.39 is 5.97 Å². The minimum atomic E-state index is -0.843. The highest BCUT2D eigenvalue weighted by Gasteiger charge is 2.26. The lowest BCUT2D eigenvalue weighted by atomic mass is 10.1. The number of benzene rings is 1. The molecule has 6 nitrogen and oxygen atoms in total. The van der Waals surface area contributed by atoms with Crippen LogP contribution in [0.25, 0.3) is 11.3 Å². The van der Waals surface area contributed by atoms with Crippen LogP contribution >= 0.6 is 0 Å². The van der Waals surface area contributed by atoms with Gasteiger partial charge in [0.1, 0.15) is 0 Å². The van der Waals surface area contributed by atoms with Gasteiger partial charge >= 0.3 is 5.97 Å². The minimum Gasteiger partial charge on any atom is -0.481 e. The second-order valence-corrected chi connectivity index (χ2v) is 6.88. The van der Waals surface area contributed by atoms with Gasteiger partial charge in [-0.15, -0.1) is 0 Å². The van der Waals surface area contributed by atoms with Gasteiger partial charge in [0.25, 0.3) is 5.91 Å². The Morgan fingerprint density at radius 1 is 1.23 bits per heavy atom. The monoisotopic (exact) mass is 355 g/mol. The molecule has 26 heavy (non-hydrogen) atoms. The van der Waals surface area contributed by atoms with Crippen LogP contribution < -0.4 is 0 Å². The Morgan fingerprint density at radius 3 is 2.58 bits per heavy atom. The molecule has 0 bridgehead atoms. The van der Waals surface area contributed by atoms with Crippen LogP contribution in [-0.2, 0) is 4.79 Å². The molecule has 0 atom stereocenters. The van der Waals surface area contributed by atoms with Crippen molar-refractivity contribution in [2.75, 3.05) is 13.6 Å². The van der Waals surface area contributed by atoms with E-state index in [1.807, 2.05) is 35.0 Å². The van der Waals surface area contributed by atoms with Gasteiger partial charge in [0.05, 0.1) is 23.5 Å². The van der Waals surface area contributed by atoms with Gasteiger partial charge in [-0.2, -0.15) is 5.10 Å². The van der Waals surface area contributed by atoms with E-state index in [0.717, 1.165) is 24.1 Å². The van der Waals surface area contributed by atoms with Crippen LogP contribution in [0.1, 0.15) is 54.9 Å². The first kappa shape index (κ1) is 18.2. The molecule has 0 unspecified atom stereocenters. The predicted molar refractivity (Wildman–Crippen MR) is 99.0 cm³/mol. The topological polar surface area (TPSA) is 75.4 Å². The molecule has 0 radical (unpaired) electrons. The van der Waals surface area contributed by atoms with E-state index in [4.69, 9.17) is 5.11 Å². The third kappa shape index (κ3) is 3.95. The average Bonchev–Trinajstić information content (AvgIpc) is 3.30. The van der Waals surface area contributed by atoms with Gasteiger partial charge in [-0.05, 0) is 19.3 Å². The summed E-state index contributed by atoms with van der Waals surface area (Å²) in [6.45, 7) is 0.411. The summed E-state index contributed by atoms with van der Waals surface area (Å²) in [5, 5.41) is 13.3. The van der Waals surface area contributed by atoms with E-state index >= 15 is 0 Å². The highest BCUT2D eigenvalue weighted by atomic mass is 16.4. The Balaban J connectivity index is 1.89. The van der Waals surface area contributed by atoms with Crippen LogP contribution in [-0.4, -0.2) is 45.3 Å². The molecule has 1 heterocycles. The van der Waals surface area contributed by atoms with E-state index in [2.05, 4.69) is 5.10 Å². The average molecular weight is 355 g/mol. The van der Waals surface area contributed by atoms with Gasteiger partial charge in [-0.3, -0.25) is 14.3 Å². The summed E-state index contributed by atoms with van der Waals surface area (Å²) in [5.41, 5.74) is 2.44. The molecule has 1 aromatic heterocycles. The summed E-state index contributed by atoms with van der Waals surface area (Å²) in [6, 6.07) is 10.2. The van der Waals surface area contributed by atoms with E-state index in [1.165, 1.54) is 12.8 Å². The number of aliphatic carboxylic acids is 1. The Labute approximate surface area is 153 Å². The van der Waals surface area contributed by atoms with E-state index in [1.54, 1.807) is 18.1 Å². The van der Waals surface area contributed by atoms with Crippen LogP contribution in [0.3, 0.4) is 0 Å². The number of carboxylic acid groups (broad SMARTS) is 1. The number of amides is 1. The molecule has 1 fully saturated rings. The fourth-order valence-corrected chi connectivity index (χ4v) is 3.60. The summed E-state index contributed by atoms with van der Waals surface area (Å²) in [5.74, 6) is -0.955. The number of carbonyl (C=O) groups excluding carboxylic acids is 1. The largest absolute Gasteiger partial charge is 0.481 e. The molecule has 138 valence electrons. The van der Waals surface area contributed by atoms with Gasteiger partial charge < -0.3 is 10.0 Å². The number of aromatic nitrogens is 2. The van der Waals surface area contributed by atoms with Crippen molar-refractivity contribution in [2.45, 2.75) is 44.6 Å². The molecule has 1 saturated carbocycles. The normalized spacial score (nSPS) is 14.5. The molecule has 0 saturated heterocycles. The van der Waals surface area contributed by atoms with Crippen molar-refractivity contribution in [1.29, 1.82) is 0 Å². The molecular weight excluding hydrogens is 330 g/mol. The first-order chi connectivity index (χ1) is 12.6. The van der Waals surface area contributed by atoms with Crippen LogP contribution in [0, 0.1) is 0 Å². The van der Waals surface area contributed by atoms with Crippen molar-refractivity contribution in [3.63, 3.8) is 0 Å². The number of nitrogens with zero attached hydrogens (tertiary/aromatic N) is 3. The lowest BCUT2D eigenvalue weighted by Crippen LogP contribution is -2.28. The smallest absolute Gasteiger partial charge is 0.303 e. The Kier molecular flexibility index (Phi) is 5.71. The standard InChI is InChI=1S/C20H25N3O3/c1-22(13-7-12-18(24)25)20(26)17-14-21-23(16-10-5-6-11-16)19(17)15-8-3-2-4-9-15/h2-4,8-9,14,16H,5-7,10-13H2,1H3,(H,24,25). The van der Waals surface area contributed by atoms with Crippen molar-refractivity contribution < 1.29 is 14.7 Å². The first-order valence-electron chi connectivity index (χ1n) is 9.18. The van der Waals surface area contributed by atoms with Crippen molar-refractivity contribution in [3.05, 3.63) is 42.1 Å². The molecule has 3 rings (SSSR count). The third-order valence-electron chi connectivity index (χ3n) is 4.97. The second kappa shape index (κ2) is 8.17. The zero-order chi connectivity index (χ0) is 18.5. The van der Waals surface area contributed by atoms with E-state index in [-0.39, 0.29) is 12.3 Å². The summed E-state index contributed by atoms with van der Waals surface area (Å²) >= 11 is 0. The van der Waals surface area contributed by atoms with Gasteiger partial charge in [-0.25, -0.2) is 0 Å². The molecule has 1 aromatic carbocycles. The van der Waals surface area contributed by atoms with Crippen LogP contribution in [0.2, 0.25) is 0 Å². The fraction of sp³-hybridized carbons (Fsp3) is 0.450. The Hall–Kier alpha value is -2.63. The summed E-state index contributed by atoms with van der Waals surface area (Å²) in [7, 11) is 1.71. The minimum absolute atomic E-state index is 0.0600. The number of carboxylic acids is 1. The van der Waals surface area contributed by atoms with Crippen molar-refractivity contribution in [1.82, 2.24) is 14.7 Å². The number of hydrogen-bond acceptors (Lipinski definition) is 3. The van der Waals surface area contributed by atoms with Crippen molar-refractivity contribution in [2.24, 2.45) is 0 Å². The summed E-state index contributed by atoms with van der Waals surface area (Å²) in [6.07, 6.45) is 6.72. The Bertz CT molecular complexity index is 764. The van der Waals surface area contributed by atoms with Gasteiger partial charge in [0.2, 0.25) is 0 Å². The molecule has 0 aliphatic heterocycles. The van der Waals surface area contributed by atoms with E-state index in [9.17, 15) is 9.59 Å². The Morgan fingerprint density at radius 2 is 1.92 bits per heavy atom. The third-order valence-corrected chi connectivity index (χ3v) is 4.97. The quantitative estimate of drug-likeness (QED) is 0.823. The highest BCUT2D eigenvalue weighted by molar-refractivity contribution is 5.99. The van der Waals surface area contributed by atoms with Crippen LogP contribution in [0.5, 0.6) is 0 Å². The van der Waals surface area contributed by atoms with Crippen LogP contribution in [0.4, 0.5) is 0 Å². The highest BCUT2D eigenvalue weighted by Crippen LogP contribution is 2.35. The van der Waals surface area contributed by atoms with E-state index in [0.29, 0.717) is 24.6 Å². The maximum atomic E-state index is 13.0.